The highest BCUT2D eigenvalue weighted by atomic mass is 35.5. The molecule has 1 heterocycles. The van der Waals surface area contributed by atoms with E-state index in [0.29, 0.717) is 13.1 Å². The van der Waals surface area contributed by atoms with E-state index in [1.54, 1.807) is 4.90 Å². The van der Waals surface area contributed by atoms with E-state index in [9.17, 15) is 4.79 Å². The van der Waals surface area contributed by atoms with Crippen LogP contribution in [0.4, 0.5) is 5.82 Å². The van der Waals surface area contributed by atoms with Crippen LogP contribution >= 0.6 is 11.6 Å². The van der Waals surface area contributed by atoms with Gasteiger partial charge in [-0.3, -0.25) is 0 Å². The Morgan fingerprint density at radius 3 is 2.75 bits per heavy atom. The number of nitrogens with zero attached hydrogens (tertiary/aromatic N) is 2. The standard InChI is InChI=1S/C10H13ClN2O3/c1-2-13(5-6-14)9-7(10(15)16)3-4-8(11)12-9/h3-4,14H,2,5-6H2,1H3,(H,15,16). The minimum Gasteiger partial charge on any atom is -0.478 e. The van der Waals surface area contributed by atoms with Crippen LogP contribution in [0.1, 0.15) is 17.3 Å². The molecule has 0 amide bonds. The third-order valence-corrected chi connectivity index (χ3v) is 2.33. The van der Waals surface area contributed by atoms with Crippen LogP contribution in [-0.4, -0.2) is 40.9 Å². The van der Waals surface area contributed by atoms with Gasteiger partial charge in [0.1, 0.15) is 16.5 Å². The number of carboxylic acids is 1. The predicted molar refractivity (Wildman–Crippen MR) is 61.2 cm³/mol. The Balaban J connectivity index is 3.16. The Hall–Kier alpha value is -1.33. The number of halogens is 1. The molecule has 0 spiro atoms. The van der Waals surface area contributed by atoms with Gasteiger partial charge in [0, 0.05) is 13.1 Å². The first-order chi connectivity index (χ1) is 7.60. The second kappa shape index (κ2) is 5.67. The number of aromatic carboxylic acids is 1. The van der Waals surface area contributed by atoms with Crippen molar-refractivity contribution in [3.8, 4) is 0 Å². The monoisotopic (exact) mass is 244 g/mol. The summed E-state index contributed by atoms with van der Waals surface area (Å²) in [5.41, 5.74) is 0.0831. The lowest BCUT2D eigenvalue weighted by molar-refractivity contribution is 0.0697. The Kier molecular flexibility index (Phi) is 4.52. The summed E-state index contributed by atoms with van der Waals surface area (Å²) in [4.78, 5) is 16.6. The summed E-state index contributed by atoms with van der Waals surface area (Å²) >= 11 is 5.73. The zero-order valence-corrected chi connectivity index (χ0v) is 9.61. The van der Waals surface area contributed by atoms with Gasteiger partial charge in [0.05, 0.1) is 6.61 Å². The number of pyridine rings is 1. The van der Waals surface area contributed by atoms with Crippen molar-refractivity contribution in [2.24, 2.45) is 0 Å². The third-order valence-electron chi connectivity index (χ3n) is 2.12. The van der Waals surface area contributed by atoms with Crippen LogP contribution < -0.4 is 4.90 Å². The molecule has 6 heteroatoms. The third kappa shape index (κ3) is 2.84. The van der Waals surface area contributed by atoms with Crippen molar-refractivity contribution in [2.75, 3.05) is 24.6 Å². The first-order valence-electron chi connectivity index (χ1n) is 4.85. The van der Waals surface area contributed by atoms with Gasteiger partial charge in [-0.1, -0.05) is 11.6 Å². The van der Waals surface area contributed by atoms with Gasteiger partial charge in [0.15, 0.2) is 0 Å². The molecule has 2 N–H and O–H groups in total. The van der Waals surface area contributed by atoms with Gasteiger partial charge in [-0.05, 0) is 19.1 Å². The molecule has 0 aliphatic carbocycles. The van der Waals surface area contributed by atoms with E-state index in [1.165, 1.54) is 12.1 Å². The number of carboxylic acid groups (broad SMARTS) is 1. The highest BCUT2D eigenvalue weighted by molar-refractivity contribution is 6.29. The molecular weight excluding hydrogens is 232 g/mol. The largest absolute Gasteiger partial charge is 0.478 e. The number of rotatable bonds is 5. The quantitative estimate of drug-likeness (QED) is 0.763. The minimum absolute atomic E-state index is 0.0684. The number of aliphatic hydroxyl groups is 1. The van der Waals surface area contributed by atoms with Gasteiger partial charge in [-0.25, -0.2) is 9.78 Å². The van der Waals surface area contributed by atoms with Crippen LogP contribution in [-0.2, 0) is 0 Å². The summed E-state index contributed by atoms with van der Waals surface area (Å²) in [6, 6.07) is 2.84. The zero-order valence-electron chi connectivity index (χ0n) is 8.85. The molecule has 0 aliphatic rings. The van der Waals surface area contributed by atoms with E-state index in [0.717, 1.165) is 0 Å². The normalized spacial score (nSPS) is 10.2. The molecule has 0 aromatic carbocycles. The van der Waals surface area contributed by atoms with Gasteiger partial charge in [0.25, 0.3) is 0 Å². The molecule has 0 unspecified atom stereocenters. The molecule has 0 fully saturated rings. The first kappa shape index (κ1) is 12.7. The summed E-state index contributed by atoms with van der Waals surface area (Å²) in [6.45, 7) is 2.66. The molecule has 0 aliphatic heterocycles. The van der Waals surface area contributed by atoms with E-state index in [-0.39, 0.29) is 23.1 Å². The number of likely N-dealkylation sites (N-methyl/N-ethyl adjacent to an activating group) is 1. The molecule has 1 aromatic heterocycles. The van der Waals surface area contributed by atoms with E-state index in [2.05, 4.69) is 4.98 Å². The molecule has 1 rings (SSSR count). The van der Waals surface area contributed by atoms with Crippen LogP contribution in [0.2, 0.25) is 5.15 Å². The fourth-order valence-electron chi connectivity index (χ4n) is 1.37. The lowest BCUT2D eigenvalue weighted by atomic mass is 10.2. The highest BCUT2D eigenvalue weighted by Gasteiger charge is 2.16. The molecule has 0 saturated heterocycles. The molecule has 0 saturated carbocycles. The number of aromatic nitrogens is 1. The second-order valence-corrected chi connectivity index (χ2v) is 3.50. The van der Waals surface area contributed by atoms with Gasteiger partial charge < -0.3 is 15.1 Å². The first-order valence-corrected chi connectivity index (χ1v) is 5.23. The van der Waals surface area contributed by atoms with Crippen LogP contribution in [0, 0.1) is 0 Å². The molecule has 5 nitrogen and oxygen atoms in total. The topological polar surface area (TPSA) is 73.7 Å². The lowest BCUT2D eigenvalue weighted by Gasteiger charge is -2.22. The van der Waals surface area contributed by atoms with Crippen molar-refractivity contribution in [3.63, 3.8) is 0 Å². The maximum Gasteiger partial charge on any atom is 0.339 e. The number of anilines is 1. The minimum atomic E-state index is -1.06. The lowest BCUT2D eigenvalue weighted by Crippen LogP contribution is -2.29. The van der Waals surface area contributed by atoms with Crippen molar-refractivity contribution in [1.29, 1.82) is 0 Å². The van der Waals surface area contributed by atoms with Crippen molar-refractivity contribution < 1.29 is 15.0 Å². The number of hydrogen-bond donors (Lipinski definition) is 2. The predicted octanol–water partition coefficient (Wildman–Crippen LogP) is 1.25. The van der Waals surface area contributed by atoms with E-state index in [4.69, 9.17) is 21.8 Å². The van der Waals surface area contributed by atoms with Crippen molar-refractivity contribution in [1.82, 2.24) is 4.98 Å². The number of carbonyl (C=O) groups is 1. The molecule has 1 aromatic rings. The summed E-state index contributed by atoms with van der Waals surface area (Å²) in [6.07, 6.45) is 0. The fraction of sp³-hybridized carbons (Fsp3) is 0.400. The molecule has 0 atom stereocenters. The van der Waals surface area contributed by atoms with Gasteiger partial charge in [-0.15, -0.1) is 0 Å². The summed E-state index contributed by atoms with van der Waals surface area (Å²) < 4.78 is 0. The molecule has 0 radical (unpaired) electrons. The Morgan fingerprint density at radius 2 is 2.25 bits per heavy atom. The second-order valence-electron chi connectivity index (χ2n) is 3.11. The van der Waals surface area contributed by atoms with Crippen LogP contribution in [0.15, 0.2) is 12.1 Å². The number of hydrogen-bond acceptors (Lipinski definition) is 4. The summed E-state index contributed by atoms with van der Waals surface area (Å²) in [5, 5.41) is 18.1. The maximum atomic E-state index is 11.0. The average molecular weight is 245 g/mol. The van der Waals surface area contributed by atoms with Crippen molar-refractivity contribution in [2.45, 2.75) is 6.92 Å². The van der Waals surface area contributed by atoms with Gasteiger partial charge in [-0.2, -0.15) is 0 Å². The fourth-order valence-corrected chi connectivity index (χ4v) is 1.51. The van der Waals surface area contributed by atoms with Crippen LogP contribution in [0.5, 0.6) is 0 Å². The van der Waals surface area contributed by atoms with E-state index >= 15 is 0 Å². The van der Waals surface area contributed by atoms with Crippen LogP contribution in [0.25, 0.3) is 0 Å². The van der Waals surface area contributed by atoms with Gasteiger partial charge in [0.2, 0.25) is 0 Å². The SMILES string of the molecule is CCN(CCO)c1nc(Cl)ccc1C(=O)O. The van der Waals surface area contributed by atoms with Gasteiger partial charge >= 0.3 is 5.97 Å². The summed E-state index contributed by atoms with van der Waals surface area (Å²) in [5.74, 6) is -0.771. The summed E-state index contributed by atoms with van der Waals surface area (Å²) in [7, 11) is 0. The number of aliphatic hydroxyl groups excluding tert-OH is 1. The smallest absolute Gasteiger partial charge is 0.339 e. The highest BCUT2D eigenvalue weighted by Crippen LogP contribution is 2.20. The Morgan fingerprint density at radius 1 is 1.56 bits per heavy atom. The van der Waals surface area contributed by atoms with Crippen molar-refractivity contribution >= 4 is 23.4 Å². The average Bonchev–Trinajstić information content (AvgIpc) is 2.25. The Bertz CT molecular complexity index is 384. The van der Waals surface area contributed by atoms with Crippen molar-refractivity contribution in [3.05, 3.63) is 22.8 Å². The Labute approximate surface area is 98.3 Å². The molecule has 0 bridgehead atoms. The van der Waals surface area contributed by atoms with E-state index < -0.39 is 5.97 Å². The molecule has 16 heavy (non-hydrogen) atoms. The van der Waals surface area contributed by atoms with Crippen LogP contribution in [0.3, 0.4) is 0 Å². The maximum absolute atomic E-state index is 11.0. The zero-order chi connectivity index (χ0) is 12.1. The molecular formula is C10H13ClN2O3. The van der Waals surface area contributed by atoms with E-state index in [1.807, 2.05) is 6.92 Å². The molecule has 88 valence electrons.